The predicted molar refractivity (Wildman–Crippen MR) is 95.3 cm³/mol. The van der Waals surface area contributed by atoms with Crippen LogP contribution in [0.1, 0.15) is 44.7 Å². The molecule has 24 heavy (non-hydrogen) atoms. The van der Waals surface area contributed by atoms with Crippen LogP contribution in [0.25, 0.3) is 0 Å². The van der Waals surface area contributed by atoms with E-state index in [0.29, 0.717) is 12.8 Å². The number of piperidine rings is 1. The number of anilines is 1. The van der Waals surface area contributed by atoms with Crippen molar-refractivity contribution in [3.63, 3.8) is 0 Å². The maximum atomic E-state index is 12.2. The number of likely N-dealkylation sites (tertiary alicyclic amines) is 1. The molecule has 6 nitrogen and oxygen atoms in total. The lowest BCUT2D eigenvalue weighted by molar-refractivity contribution is -0.121. The molecular formula is C17H26N4O2S. The summed E-state index contributed by atoms with van der Waals surface area (Å²) in [4.78, 5) is 32.7. The highest BCUT2D eigenvalue weighted by Gasteiger charge is 2.25. The van der Waals surface area contributed by atoms with Gasteiger partial charge in [-0.2, -0.15) is 0 Å². The molecule has 0 radical (unpaired) electrons. The minimum Gasteiger partial charge on any atom is -0.353 e. The van der Waals surface area contributed by atoms with Crippen LogP contribution in [0.4, 0.5) is 5.13 Å². The number of carbonyl (C=O) groups excluding carboxylic acids is 2. The number of hydrogen-bond donors (Lipinski definition) is 1. The van der Waals surface area contributed by atoms with Crippen molar-refractivity contribution in [1.82, 2.24) is 15.2 Å². The van der Waals surface area contributed by atoms with Gasteiger partial charge in [0.15, 0.2) is 5.13 Å². The molecule has 0 unspecified atom stereocenters. The zero-order valence-electron chi connectivity index (χ0n) is 14.3. The fraction of sp³-hybridized carbons (Fsp3) is 0.706. The molecule has 2 saturated heterocycles. The monoisotopic (exact) mass is 350 g/mol. The Balaban J connectivity index is 1.46. The van der Waals surface area contributed by atoms with Crippen molar-refractivity contribution in [3.05, 3.63) is 11.1 Å². The first-order chi connectivity index (χ1) is 11.7. The van der Waals surface area contributed by atoms with Gasteiger partial charge in [0.1, 0.15) is 0 Å². The SMILES string of the molecule is CCCN1CCC(NC(=O)Cc2csc(N3CCCC3=O)n2)CC1. The average Bonchev–Trinajstić information content (AvgIpc) is 3.18. The van der Waals surface area contributed by atoms with Crippen LogP contribution in [0.5, 0.6) is 0 Å². The smallest absolute Gasteiger partial charge is 0.228 e. The number of amides is 2. The maximum absolute atomic E-state index is 12.2. The molecule has 0 saturated carbocycles. The second kappa shape index (κ2) is 8.07. The van der Waals surface area contributed by atoms with Gasteiger partial charge >= 0.3 is 0 Å². The van der Waals surface area contributed by atoms with Gasteiger partial charge in [0, 0.05) is 37.5 Å². The molecule has 1 aromatic rings. The summed E-state index contributed by atoms with van der Waals surface area (Å²) in [6.07, 6.45) is 5.03. The van der Waals surface area contributed by atoms with Gasteiger partial charge in [-0.15, -0.1) is 11.3 Å². The van der Waals surface area contributed by atoms with Crippen molar-refractivity contribution in [2.75, 3.05) is 31.1 Å². The normalized spacial score (nSPS) is 19.9. The van der Waals surface area contributed by atoms with E-state index < -0.39 is 0 Å². The fourth-order valence-corrected chi connectivity index (χ4v) is 4.28. The third kappa shape index (κ3) is 4.33. The molecule has 132 valence electrons. The summed E-state index contributed by atoms with van der Waals surface area (Å²) in [6, 6.07) is 0.281. The minimum absolute atomic E-state index is 0.0357. The van der Waals surface area contributed by atoms with E-state index in [0.717, 1.165) is 56.3 Å². The zero-order valence-corrected chi connectivity index (χ0v) is 15.1. The summed E-state index contributed by atoms with van der Waals surface area (Å²) >= 11 is 1.45. The molecule has 1 N–H and O–H groups in total. The Morgan fingerprint density at radius 1 is 1.38 bits per heavy atom. The first-order valence-electron chi connectivity index (χ1n) is 8.92. The van der Waals surface area contributed by atoms with Crippen LogP contribution in [0.3, 0.4) is 0 Å². The Hall–Kier alpha value is -1.47. The topological polar surface area (TPSA) is 65.5 Å². The first-order valence-corrected chi connectivity index (χ1v) is 9.80. The first kappa shape index (κ1) is 17.4. The molecule has 0 aromatic carbocycles. The van der Waals surface area contributed by atoms with Gasteiger partial charge in [-0.05, 0) is 32.2 Å². The van der Waals surface area contributed by atoms with E-state index >= 15 is 0 Å². The van der Waals surface area contributed by atoms with E-state index in [-0.39, 0.29) is 17.9 Å². The largest absolute Gasteiger partial charge is 0.353 e. The summed E-state index contributed by atoms with van der Waals surface area (Å²) in [6.45, 7) is 6.23. The number of aromatic nitrogens is 1. The molecular weight excluding hydrogens is 324 g/mol. The summed E-state index contributed by atoms with van der Waals surface area (Å²) in [5.74, 6) is 0.174. The lowest BCUT2D eigenvalue weighted by atomic mass is 10.0. The Morgan fingerprint density at radius 2 is 2.17 bits per heavy atom. The lowest BCUT2D eigenvalue weighted by Gasteiger charge is -2.32. The molecule has 0 aliphatic carbocycles. The number of thiazole rings is 1. The highest BCUT2D eigenvalue weighted by atomic mass is 32.1. The highest BCUT2D eigenvalue weighted by Crippen LogP contribution is 2.25. The lowest BCUT2D eigenvalue weighted by Crippen LogP contribution is -2.45. The zero-order chi connectivity index (χ0) is 16.9. The number of hydrogen-bond acceptors (Lipinski definition) is 5. The number of nitrogens with zero attached hydrogens (tertiary/aromatic N) is 3. The molecule has 2 aliphatic rings. The molecule has 3 rings (SSSR count). The van der Waals surface area contributed by atoms with Gasteiger partial charge in [0.05, 0.1) is 12.1 Å². The van der Waals surface area contributed by atoms with E-state index in [1.807, 2.05) is 5.38 Å². The van der Waals surface area contributed by atoms with Gasteiger partial charge in [-0.25, -0.2) is 4.98 Å². The van der Waals surface area contributed by atoms with Gasteiger partial charge in [-0.3, -0.25) is 14.5 Å². The quantitative estimate of drug-likeness (QED) is 0.850. The van der Waals surface area contributed by atoms with Gasteiger partial charge in [-0.1, -0.05) is 6.92 Å². The Morgan fingerprint density at radius 3 is 2.83 bits per heavy atom. The van der Waals surface area contributed by atoms with Crippen LogP contribution in [-0.4, -0.2) is 53.9 Å². The van der Waals surface area contributed by atoms with Gasteiger partial charge in [0.25, 0.3) is 0 Å². The van der Waals surface area contributed by atoms with Crippen molar-refractivity contribution in [2.24, 2.45) is 0 Å². The average molecular weight is 350 g/mol. The van der Waals surface area contributed by atoms with Gasteiger partial charge in [0.2, 0.25) is 11.8 Å². The third-order valence-corrected chi connectivity index (χ3v) is 5.59. The van der Waals surface area contributed by atoms with Crippen LogP contribution in [-0.2, 0) is 16.0 Å². The number of carbonyl (C=O) groups is 2. The van der Waals surface area contributed by atoms with Crippen LogP contribution >= 0.6 is 11.3 Å². The number of rotatable bonds is 6. The molecule has 7 heteroatoms. The highest BCUT2D eigenvalue weighted by molar-refractivity contribution is 7.14. The Labute approximate surface area is 147 Å². The van der Waals surface area contributed by atoms with Crippen LogP contribution in [0.15, 0.2) is 5.38 Å². The summed E-state index contributed by atoms with van der Waals surface area (Å²) in [7, 11) is 0. The molecule has 1 aromatic heterocycles. The van der Waals surface area contributed by atoms with Crippen molar-refractivity contribution < 1.29 is 9.59 Å². The van der Waals surface area contributed by atoms with Crippen LogP contribution < -0.4 is 10.2 Å². The number of nitrogens with one attached hydrogen (secondary N) is 1. The van der Waals surface area contributed by atoms with E-state index in [1.165, 1.54) is 17.8 Å². The minimum atomic E-state index is 0.0357. The molecule has 0 bridgehead atoms. The molecule has 0 spiro atoms. The second-order valence-corrected chi connectivity index (χ2v) is 7.47. The van der Waals surface area contributed by atoms with Crippen molar-refractivity contribution >= 4 is 28.3 Å². The van der Waals surface area contributed by atoms with E-state index in [2.05, 4.69) is 22.1 Å². The Kier molecular flexibility index (Phi) is 5.84. The van der Waals surface area contributed by atoms with Gasteiger partial charge < -0.3 is 10.2 Å². The van der Waals surface area contributed by atoms with E-state index in [4.69, 9.17) is 0 Å². The molecule has 0 atom stereocenters. The van der Waals surface area contributed by atoms with Crippen molar-refractivity contribution in [3.8, 4) is 0 Å². The van der Waals surface area contributed by atoms with Crippen LogP contribution in [0, 0.1) is 0 Å². The Bertz CT molecular complexity index is 581. The van der Waals surface area contributed by atoms with Crippen LogP contribution in [0.2, 0.25) is 0 Å². The van der Waals surface area contributed by atoms with E-state index in [1.54, 1.807) is 4.90 Å². The second-order valence-electron chi connectivity index (χ2n) is 6.63. The standard InChI is InChI=1S/C17H26N4O2S/c1-2-7-20-9-5-13(6-10-20)18-15(22)11-14-12-24-17(19-14)21-8-3-4-16(21)23/h12-13H,2-11H2,1H3,(H,18,22). The van der Waals surface area contributed by atoms with Crippen molar-refractivity contribution in [2.45, 2.75) is 51.5 Å². The predicted octanol–water partition coefficient (Wildman–Crippen LogP) is 1.80. The molecule has 3 heterocycles. The summed E-state index contributed by atoms with van der Waals surface area (Å²) in [5.41, 5.74) is 0.760. The summed E-state index contributed by atoms with van der Waals surface area (Å²) in [5, 5.41) is 5.76. The maximum Gasteiger partial charge on any atom is 0.228 e. The molecule has 2 aliphatic heterocycles. The summed E-state index contributed by atoms with van der Waals surface area (Å²) < 4.78 is 0. The third-order valence-electron chi connectivity index (χ3n) is 4.68. The molecule has 2 fully saturated rings. The fourth-order valence-electron chi connectivity index (χ4n) is 3.41. The van der Waals surface area contributed by atoms with E-state index in [9.17, 15) is 9.59 Å². The van der Waals surface area contributed by atoms with Crippen molar-refractivity contribution in [1.29, 1.82) is 0 Å². The molecule has 2 amide bonds.